The van der Waals surface area contributed by atoms with E-state index >= 15 is 0 Å². The molecule has 20 heavy (non-hydrogen) atoms. The molecule has 1 atom stereocenters. The molecule has 0 spiro atoms. The largest absolute Gasteiger partial charge is 0.271 e. The number of nitrogens with two attached hydrogens (primary N) is 1. The molecule has 2 aromatic rings. The summed E-state index contributed by atoms with van der Waals surface area (Å²) in [5.41, 5.74) is 5.41. The number of rotatable bonds is 6. The van der Waals surface area contributed by atoms with E-state index in [2.05, 4.69) is 36.6 Å². The van der Waals surface area contributed by atoms with Crippen LogP contribution in [0.5, 0.6) is 0 Å². The molecular weight excluding hydrogens is 288 g/mol. The van der Waals surface area contributed by atoms with Gasteiger partial charge in [-0.2, -0.15) is 0 Å². The van der Waals surface area contributed by atoms with Crippen molar-refractivity contribution in [2.45, 2.75) is 24.3 Å². The third-order valence-corrected chi connectivity index (χ3v) is 4.53. The zero-order valence-corrected chi connectivity index (χ0v) is 13.0. The summed E-state index contributed by atoms with van der Waals surface area (Å²) in [7, 11) is 0. The van der Waals surface area contributed by atoms with E-state index in [-0.39, 0.29) is 6.04 Å². The normalized spacial score (nSPS) is 12.3. The molecule has 106 valence electrons. The minimum Gasteiger partial charge on any atom is -0.271 e. The fourth-order valence-corrected chi connectivity index (χ4v) is 2.96. The van der Waals surface area contributed by atoms with Crippen molar-refractivity contribution in [2.24, 2.45) is 5.84 Å². The maximum Gasteiger partial charge on any atom is 0.0406 e. The van der Waals surface area contributed by atoms with Gasteiger partial charge in [0, 0.05) is 21.7 Å². The average molecular weight is 307 g/mol. The van der Waals surface area contributed by atoms with E-state index in [1.807, 2.05) is 36.0 Å². The molecule has 0 aliphatic carbocycles. The Kier molecular flexibility index (Phi) is 5.92. The van der Waals surface area contributed by atoms with Crippen molar-refractivity contribution in [3.05, 3.63) is 64.7 Å². The van der Waals surface area contributed by atoms with Crippen LogP contribution < -0.4 is 11.3 Å². The van der Waals surface area contributed by atoms with Crippen LogP contribution in [0.1, 0.15) is 11.1 Å². The van der Waals surface area contributed by atoms with Crippen molar-refractivity contribution in [1.29, 1.82) is 0 Å². The Morgan fingerprint density at radius 3 is 2.35 bits per heavy atom. The van der Waals surface area contributed by atoms with Gasteiger partial charge in [0.1, 0.15) is 0 Å². The van der Waals surface area contributed by atoms with Gasteiger partial charge >= 0.3 is 0 Å². The highest BCUT2D eigenvalue weighted by molar-refractivity contribution is 7.99. The lowest BCUT2D eigenvalue weighted by Gasteiger charge is -2.15. The molecule has 0 bridgehead atoms. The Morgan fingerprint density at radius 2 is 1.75 bits per heavy atom. The van der Waals surface area contributed by atoms with Crippen LogP contribution in [-0.2, 0) is 6.42 Å². The van der Waals surface area contributed by atoms with E-state index in [4.69, 9.17) is 17.4 Å². The minimum atomic E-state index is 0.238. The third kappa shape index (κ3) is 4.84. The first-order valence-electron chi connectivity index (χ1n) is 6.57. The zero-order valence-electron chi connectivity index (χ0n) is 11.5. The van der Waals surface area contributed by atoms with Gasteiger partial charge in [-0.05, 0) is 43.2 Å². The number of aryl methyl sites for hydroxylation is 1. The number of hydrazine groups is 1. The lowest BCUT2D eigenvalue weighted by molar-refractivity contribution is 0.575. The second-order valence-corrected chi connectivity index (χ2v) is 6.35. The van der Waals surface area contributed by atoms with Crippen LogP contribution >= 0.6 is 23.4 Å². The molecule has 0 saturated carbocycles. The summed E-state index contributed by atoms with van der Waals surface area (Å²) in [6.45, 7) is 2.10. The first kappa shape index (κ1) is 15.4. The van der Waals surface area contributed by atoms with Gasteiger partial charge in [0.25, 0.3) is 0 Å². The maximum atomic E-state index is 5.89. The number of halogens is 1. The van der Waals surface area contributed by atoms with Crippen LogP contribution in [0.25, 0.3) is 0 Å². The van der Waals surface area contributed by atoms with Crippen molar-refractivity contribution in [1.82, 2.24) is 5.43 Å². The molecule has 2 rings (SSSR count). The van der Waals surface area contributed by atoms with Gasteiger partial charge in [0.05, 0.1) is 0 Å². The minimum absolute atomic E-state index is 0.238. The standard InChI is InChI=1S/C16H19ClN2S/c1-12-2-8-16(9-3-12)20-11-15(19-18)10-13-4-6-14(17)7-5-13/h2-9,15,19H,10-11,18H2,1H3. The number of hydrogen-bond acceptors (Lipinski definition) is 3. The molecule has 0 saturated heterocycles. The molecule has 3 N–H and O–H groups in total. The van der Waals surface area contributed by atoms with Gasteiger partial charge in [0.2, 0.25) is 0 Å². The smallest absolute Gasteiger partial charge is 0.0406 e. The molecule has 0 aliphatic heterocycles. The summed E-state index contributed by atoms with van der Waals surface area (Å²) in [4.78, 5) is 1.27. The highest BCUT2D eigenvalue weighted by Gasteiger charge is 2.08. The van der Waals surface area contributed by atoms with Gasteiger partial charge in [0.15, 0.2) is 0 Å². The van der Waals surface area contributed by atoms with Crippen LogP contribution in [0.4, 0.5) is 0 Å². The van der Waals surface area contributed by atoms with Crippen molar-refractivity contribution < 1.29 is 0 Å². The summed E-state index contributed by atoms with van der Waals surface area (Å²) in [6.07, 6.45) is 0.895. The second kappa shape index (κ2) is 7.70. The first-order valence-corrected chi connectivity index (χ1v) is 7.94. The van der Waals surface area contributed by atoms with Gasteiger partial charge in [-0.3, -0.25) is 11.3 Å². The summed E-state index contributed by atoms with van der Waals surface area (Å²) in [5, 5.41) is 0.764. The van der Waals surface area contributed by atoms with Gasteiger partial charge in [-0.25, -0.2) is 0 Å². The summed E-state index contributed by atoms with van der Waals surface area (Å²) >= 11 is 7.71. The molecule has 1 unspecified atom stereocenters. The first-order chi connectivity index (χ1) is 9.67. The van der Waals surface area contributed by atoms with Crippen LogP contribution in [0.3, 0.4) is 0 Å². The number of benzene rings is 2. The van der Waals surface area contributed by atoms with E-state index in [1.54, 1.807) is 0 Å². The molecule has 0 aromatic heterocycles. The Balaban J connectivity index is 1.88. The summed E-state index contributed by atoms with van der Waals surface area (Å²) in [6, 6.07) is 16.7. The monoisotopic (exact) mass is 306 g/mol. The SMILES string of the molecule is Cc1ccc(SCC(Cc2ccc(Cl)cc2)NN)cc1. The molecule has 0 amide bonds. The number of nitrogens with one attached hydrogen (secondary N) is 1. The predicted molar refractivity (Wildman–Crippen MR) is 88.2 cm³/mol. The lowest BCUT2D eigenvalue weighted by Crippen LogP contribution is -2.38. The van der Waals surface area contributed by atoms with E-state index in [1.165, 1.54) is 16.0 Å². The molecule has 4 heteroatoms. The fraction of sp³-hybridized carbons (Fsp3) is 0.250. The van der Waals surface area contributed by atoms with Crippen LogP contribution in [0, 0.1) is 6.92 Å². The van der Waals surface area contributed by atoms with E-state index < -0.39 is 0 Å². The summed E-state index contributed by atoms with van der Waals surface area (Å²) < 4.78 is 0. The highest BCUT2D eigenvalue weighted by Crippen LogP contribution is 2.20. The van der Waals surface area contributed by atoms with Gasteiger partial charge in [-0.15, -0.1) is 11.8 Å². The quantitative estimate of drug-likeness (QED) is 0.484. The molecule has 0 fully saturated rings. The van der Waals surface area contributed by atoms with Crippen LogP contribution in [0.15, 0.2) is 53.4 Å². The van der Waals surface area contributed by atoms with Gasteiger partial charge in [-0.1, -0.05) is 41.4 Å². The topological polar surface area (TPSA) is 38.0 Å². The van der Waals surface area contributed by atoms with E-state index in [0.29, 0.717) is 0 Å². The number of thioether (sulfide) groups is 1. The molecular formula is C16H19ClN2S. The maximum absolute atomic E-state index is 5.89. The zero-order chi connectivity index (χ0) is 14.4. The van der Waals surface area contributed by atoms with Crippen LogP contribution in [0.2, 0.25) is 5.02 Å². The van der Waals surface area contributed by atoms with Crippen LogP contribution in [-0.4, -0.2) is 11.8 Å². The van der Waals surface area contributed by atoms with Crippen molar-refractivity contribution in [3.8, 4) is 0 Å². The second-order valence-electron chi connectivity index (χ2n) is 4.82. The lowest BCUT2D eigenvalue weighted by atomic mass is 10.1. The van der Waals surface area contributed by atoms with Crippen molar-refractivity contribution in [2.75, 3.05) is 5.75 Å². The highest BCUT2D eigenvalue weighted by atomic mass is 35.5. The molecule has 2 nitrogen and oxygen atoms in total. The Labute approximate surface area is 129 Å². The Hall–Kier alpha value is -1.00. The number of hydrogen-bond donors (Lipinski definition) is 2. The molecule has 0 heterocycles. The van der Waals surface area contributed by atoms with Crippen molar-refractivity contribution >= 4 is 23.4 Å². The predicted octanol–water partition coefficient (Wildman–Crippen LogP) is 3.82. The Bertz CT molecular complexity index is 525. The molecule has 2 aromatic carbocycles. The third-order valence-electron chi connectivity index (χ3n) is 3.10. The van der Waals surface area contributed by atoms with E-state index in [9.17, 15) is 0 Å². The molecule has 0 aliphatic rings. The Morgan fingerprint density at radius 1 is 1.10 bits per heavy atom. The summed E-state index contributed by atoms with van der Waals surface area (Å²) in [5.74, 6) is 6.58. The fourth-order valence-electron chi connectivity index (χ4n) is 1.90. The average Bonchev–Trinajstić information content (AvgIpc) is 2.47. The van der Waals surface area contributed by atoms with Gasteiger partial charge < -0.3 is 0 Å². The van der Waals surface area contributed by atoms with Crippen molar-refractivity contribution in [3.63, 3.8) is 0 Å². The molecule has 0 radical (unpaired) electrons. The van der Waals surface area contributed by atoms with E-state index in [0.717, 1.165) is 17.2 Å².